The van der Waals surface area contributed by atoms with Gasteiger partial charge in [0.1, 0.15) is 6.07 Å². The fourth-order valence-corrected chi connectivity index (χ4v) is 8.86. The molecule has 1 aromatic carbocycles. The van der Waals surface area contributed by atoms with Crippen LogP contribution in [-0.4, -0.2) is 72.5 Å². The van der Waals surface area contributed by atoms with E-state index in [-0.39, 0.29) is 12.0 Å². The highest BCUT2D eigenvalue weighted by molar-refractivity contribution is 6.31. The Morgan fingerprint density at radius 1 is 1.04 bits per heavy atom. The van der Waals surface area contributed by atoms with Crippen LogP contribution in [0.1, 0.15) is 66.1 Å². The van der Waals surface area contributed by atoms with Crippen LogP contribution >= 0.6 is 11.6 Å². The summed E-state index contributed by atoms with van der Waals surface area (Å²) in [5.41, 5.74) is 6.07. The number of nitriles is 1. The second-order valence-electron chi connectivity index (χ2n) is 15.0. The van der Waals surface area contributed by atoms with Crippen LogP contribution in [0.5, 0.6) is 0 Å². The van der Waals surface area contributed by atoms with Gasteiger partial charge in [-0.25, -0.2) is 0 Å². The number of carbonyl (C=O) groups is 1. The second-order valence-corrected chi connectivity index (χ2v) is 15.8. The van der Waals surface area contributed by atoms with Gasteiger partial charge < -0.3 is 14.6 Å². The summed E-state index contributed by atoms with van der Waals surface area (Å²) in [5.74, 6) is -1.12. The lowest BCUT2D eigenvalue weighted by atomic mass is 9.70. The number of carboxylic acid groups (broad SMARTS) is 1. The summed E-state index contributed by atoms with van der Waals surface area (Å²) in [7, 11) is 0. The average Bonchev–Trinajstić information content (AvgIpc) is 3.41. The molecule has 2 saturated heterocycles. The maximum absolute atomic E-state index is 11.6. The molecule has 4 atom stereocenters. The predicted molar refractivity (Wildman–Crippen MR) is 197 cm³/mol. The highest BCUT2D eigenvalue weighted by Crippen LogP contribution is 2.56. The molecule has 10 heteroatoms. The monoisotopic (exact) mass is 702 g/mol. The minimum absolute atomic E-state index is 0.255. The number of likely N-dealkylation sites (tertiary alicyclic amines) is 2. The molecule has 2 aliphatic heterocycles. The zero-order chi connectivity index (χ0) is 35.4. The number of aliphatic hydroxyl groups excluding tert-OH is 1. The van der Waals surface area contributed by atoms with Crippen molar-refractivity contribution in [2.75, 3.05) is 26.2 Å². The quantitative estimate of drug-likeness (QED) is 0.178. The predicted octanol–water partition coefficient (Wildman–Crippen LogP) is 5.80. The standard InChI is InChI=1S/C41H43ClN6O3/c1-39(42)35(30-6-3-2-4-7-30)8-5-13-41(39,45-40(14-15-40)37-10-9-28(21-44-37)22-47-17-12-34(49)27-47)33-19-36-32(20-43)18-29(24-48(36)26-33)23-46-16-11-31(25-46)38(50)51/h2-10,13,18-19,21,24,26,31,34,45,49H,11-12,14-17,22-23,25,27H2,1H3,(H,50,51). The van der Waals surface area contributed by atoms with Crippen molar-refractivity contribution in [3.05, 3.63) is 125 Å². The van der Waals surface area contributed by atoms with Crippen LogP contribution in [0.15, 0.2) is 91.4 Å². The number of hydrogen-bond acceptors (Lipinski definition) is 7. The molecular formula is C41H43ClN6O3. The van der Waals surface area contributed by atoms with Crippen molar-refractivity contribution in [2.24, 2.45) is 5.92 Å². The first kappa shape index (κ1) is 33.8. The fourth-order valence-electron chi connectivity index (χ4n) is 8.47. The number of aromatic nitrogens is 2. The molecule has 3 aromatic heterocycles. The molecule has 3 N–H and O–H groups in total. The number of nitrogens with zero attached hydrogens (tertiary/aromatic N) is 5. The van der Waals surface area contributed by atoms with E-state index < -0.39 is 21.9 Å². The molecule has 0 spiro atoms. The Morgan fingerprint density at radius 3 is 2.47 bits per heavy atom. The lowest BCUT2D eigenvalue weighted by Gasteiger charge is -2.49. The Labute approximate surface area is 303 Å². The topological polar surface area (TPSA) is 117 Å². The number of allylic oxidation sites excluding steroid dienone is 2. The minimum atomic E-state index is -0.947. The highest BCUT2D eigenvalue weighted by Gasteiger charge is 2.58. The summed E-state index contributed by atoms with van der Waals surface area (Å²) >= 11 is 7.91. The number of aliphatic hydroxyl groups is 1. The van der Waals surface area contributed by atoms with Crippen LogP contribution in [-0.2, 0) is 29.0 Å². The number of β-amino-alcohol motifs (C(OH)–C–C–N with tert-alkyl or cyclic N) is 1. The smallest absolute Gasteiger partial charge is 0.307 e. The molecule has 3 fully saturated rings. The van der Waals surface area contributed by atoms with E-state index in [1.807, 2.05) is 34.9 Å². The number of rotatable bonds is 10. The number of fused-ring (bicyclic) bond motifs is 1. The van der Waals surface area contributed by atoms with Crippen molar-refractivity contribution in [1.82, 2.24) is 24.5 Å². The van der Waals surface area contributed by atoms with E-state index >= 15 is 0 Å². The Balaban J connectivity index is 1.17. The Bertz CT molecular complexity index is 2060. The molecule has 0 amide bonds. The minimum Gasteiger partial charge on any atom is -0.481 e. The van der Waals surface area contributed by atoms with E-state index in [4.69, 9.17) is 16.6 Å². The van der Waals surface area contributed by atoms with E-state index in [0.717, 1.165) is 71.4 Å². The fraction of sp³-hybridized carbons (Fsp3) is 0.390. The van der Waals surface area contributed by atoms with Gasteiger partial charge in [-0.1, -0.05) is 54.6 Å². The summed E-state index contributed by atoms with van der Waals surface area (Å²) < 4.78 is 2.03. The van der Waals surface area contributed by atoms with Crippen LogP contribution in [0.25, 0.3) is 11.1 Å². The molecule has 8 rings (SSSR count). The molecule has 2 aliphatic carbocycles. The van der Waals surface area contributed by atoms with Crippen LogP contribution in [0.2, 0.25) is 0 Å². The zero-order valence-corrected chi connectivity index (χ0v) is 29.6. The maximum atomic E-state index is 11.6. The number of benzene rings is 1. The molecule has 4 aliphatic rings. The normalized spacial score (nSPS) is 27.5. The van der Waals surface area contributed by atoms with Gasteiger partial charge in [0.15, 0.2) is 0 Å². The van der Waals surface area contributed by atoms with Crippen molar-refractivity contribution in [3.8, 4) is 6.07 Å². The van der Waals surface area contributed by atoms with Gasteiger partial charge in [-0.2, -0.15) is 5.26 Å². The molecule has 262 valence electrons. The molecule has 1 saturated carbocycles. The van der Waals surface area contributed by atoms with Gasteiger partial charge in [0.2, 0.25) is 0 Å². The van der Waals surface area contributed by atoms with E-state index in [2.05, 4.69) is 89.1 Å². The van der Waals surface area contributed by atoms with Gasteiger partial charge in [-0.15, -0.1) is 11.6 Å². The third-order valence-electron chi connectivity index (χ3n) is 11.5. The summed E-state index contributed by atoms with van der Waals surface area (Å²) in [6.07, 6.45) is 15.4. The van der Waals surface area contributed by atoms with E-state index in [0.29, 0.717) is 38.2 Å². The molecular weight excluding hydrogens is 660 g/mol. The van der Waals surface area contributed by atoms with Crippen molar-refractivity contribution in [2.45, 2.75) is 67.8 Å². The number of carboxylic acids is 1. The Morgan fingerprint density at radius 2 is 1.80 bits per heavy atom. The number of pyridine rings is 2. The van der Waals surface area contributed by atoms with Crippen LogP contribution < -0.4 is 5.32 Å². The van der Waals surface area contributed by atoms with Gasteiger partial charge in [-0.3, -0.25) is 24.9 Å². The maximum Gasteiger partial charge on any atom is 0.307 e. The molecule has 0 bridgehead atoms. The van der Waals surface area contributed by atoms with Crippen molar-refractivity contribution >= 4 is 28.7 Å². The van der Waals surface area contributed by atoms with Crippen LogP contribution in [0.4, 0.5) is 0 Å². The average molecular weight is 703 g/mol. The number of aliphatic carboxylic acids is 1. The summed E-state index contributed by atoms with van der Waals surface area (Å²) in [4.78, 5) is 20.1. The zero-order valence-electron chi connectivity index (χ0n) is 28.8. The van der Waals surface area contributed by atoms with E-state index in [1.54, 1.807) is 0 Å². The number of hydrogen-bond donors (Lipinski definition) is 3. The first-order valence-corrected chi connectivity index (χ1v) is 18.3. The summed E-state index contributed by atoms with van der Waals surface area (Å²) in [6, 6.07) is 21.0. The second kappa shape index (κ2) is 13.0. The van der Waals surface area contributed by atoms with Gasteiger partial charge in [-0.05, 0) is 85.2 Å². The summed E-state index contributed by atoms with van der Waals surface area (Å²) in [6.45, 7) is 6.21. The molecule has 9 nitrogen and oxygen atoms in total. The van der Waals surface area contributed by atoms with Gasteiger partial charge in [0, 0.05) is 51.3 Å². The Kier molecular flexibility index (Phi) is 8.64. The van der Waals surface area contributed by atoms with Gasteiger partial charge in [0.25, 0.3) is 0 Å². The third-order valence-corrected chi connectivity index (χ3v) is 12.0. The first-order valence-electron chi connectivity index (χ1n) is 17.9. The van der Waals surface area contributed by atoms with Crippen molar-refractivity contribution in [3.63, 3.8) is 0 Å². The molecule has 4 aromatic rings. The summed E-state index contributed by atoms with van der Waals surface area (Å²) in [5, 5.41) is 34.0. The number of alkyl halides is 1. The largest absolute Gasteiger partial charge is 0.481 e. The van der Waals surface area contributed by atoms with Crippen molar-refractivity contribution < 1.29 is 15.0 Å². The lowest BCUT2D eigenvalue weighted by molar-refractivity contribution is -0.141. The van der Waals surface area contributed by atoms with E-state index in [1.165, 1.54) is 0 Å². The Hall–Kier alpha value is -4.30. The van der Waals surface area contributed by atoms with Crippen molar-refractivity contribution in [1.29, 1.82) is 5.26 Å². The lowest BCUT2D eigenvalue weighted by Crippen LogP contribution is -2.59. The molecule has 0 radical (unpaired) electrons. The first-order chi connectivity index (χ1) is 24.6. The third kappa shape index (κ3) is 6.19. The van der Waals surface area contributed by atoms with Crippen LogP contribution in [0.3, 0.4) is 0 Å². The SMILES string of the molecule is CC1(Cl)C(c2ccccc2)=CC=CC1(NC1(c2ccc(CN3CCC(O)C3)cn2)CC1)c1cc2c(C#N)cc(CN3CCC(C(=O)O)C3)cn2c1. The molecule has 51 heavy (non-hydrogen) atoms. The number of halogens is 1. The number of nitrogens with one attached hydrogen (secondary N) is 1. The molecule has 5 heterocycles. The van der Waals surface area contributed by atoms with E-state index in [9.17, 15) is 20.3 Å². The molecule has 4 unspecified atom stereocenters. The van der Waals surface area contributed by atoms with Gasteiger partial charge in [0.05, 0.1) is 44.7 Å². The van der Waals surface area contributed by atoms with Crippen LogP contribution in [0, 0.1) is 17.2 Å². The van der Waals surface area contributed by atoms with Gasteiger partial charge >= 0.3 is 5.97 Å². The highest BCUT2D eigenvalue weighted by atomic mass is 35.5.